The normalized spacial score (nSPS) is 23.5. The Kier molecular flexibility index (Phi) is 6.37. The Balaban J connectivity index is 1.81. The van der Waals surface area contributed by atoms with Gasteiger partial charge in [-0.25, -0.2) is 13.1 Å². The molecule has 1 aliphatic rings. The van der Waals surface area contributed by atoms with Crippen LogP contribution in [0.3, 0.4) is 0 Å². The molecular weight excluding hydrogens is 390 g/mol. The van der Waals surface area contributed by atoms with Gasteiger partial charge in [-0.05, 0) is 42.6 Å². The molecular formula is C18H26ClN3O2S2+2. The molecule has 3 N–H and O–H groups in total. The fourth-order valence-electron chi connectivity index (χ4n) is 3.57. The maximum Gasteiger partial charge on any atom is 0.241 e. The number of piperazine rings is 1. The lowest BCUT2D eigenvalue weighted by Gasteiger charge is -2.35. The number of halogens is 1. The number of benzene rings is 1. The topological polar surface area (TPSA) is 55.0 Å². The Labute approximate surface area is 164 Å². The smallest absolute Gasteiger partial charge is 0.241 e. The first-order chi connectivity index (χ1) is 12.4. The third-order valence-corrected chi connectivity index (χ3v) is 7.78. The van der Waals surface area contributed by atoms with Gasteiger partial charge in [0.15, 0.2) is 0 Å². The second kappa shape index (κ2) is 8.37. The van der Waals surface area contributed by atoms with Crippen molar-refractivity contribution in [3.63, 3.8) is 0 Å². The first-order valence-electron chi connectivity index (χ1n) is 8.84. The van der Waals surface area contributed by atoms with E-state index < -0.39 is 10.0 Å². The Morgan fingerprint density at radius 3 is 2.35 bits per heavy atom. The number of likely N-dealkylation sites (N-methyl/N-ethyl adjacent to an activating group) is 1. The number of thiophene rings is 1. The van der Waals surface area contributed by atoms with Crippen LogP contribution in [-0.4, -0.2) is 47.7 Å². The average molecular weight is 416 g/mol. The molecule has 1 saturated heterocycles. The van der Waals surface area contributed by atoms with E-state index >= 15 is 0 Å². The van der Waals surface area contributed by atoms with Crippen molar-refractivity contribution in [1.29, 1.82) is 0 Å². The summed E-state index contributed by atoms with van der Waals surface area (Å²) < 4.78 is 28.5. The second-order valence-electron chi connectivity index (χ2n) is 6.97. The molecule has 1 aromatic carbocycles. The zero-order valence-electron chi connectivity index (χ0n) is 15.0. The van der Waals surface area contributed by atoms with E-state index in [1.54, 1.807) is 35.6 Å². The van der Waals surface area contributed by atoms with Crippen LogP contribution >= 0.6 is 22.9 Å². The van der Waals surface area contributed by atoms with Crippen LogP contribution in [0.15, 0.2) is 46.7 Å². The summed E-state index contributed by atoms with van der Waals surface area (Å²) in [6, 6.07) is 10.4. The molecule has 142 valence electrons. The Morgan fingerprint density at radius 2 is 1.77 bits per heavy atom. The van der Waals surface area contributed by atoms with Gasteiger partial charge in [0.05, 0.1) is 22.9 Å². The van der Waals surface area contributed by atoms with Gasteiger partial charge in [0.1, 0.15) is 32.2 Å². The van der Waals surface area contributed by atoms with Crippen molar-refractivity contribution in [3.8, 4) is 0 Å². The highest BCUT2D eigenvalue weighted by Crippen LogP contribution is 2.22. The summed E-state index contributed by atoms with van der Waals surface area (Å²) in [5.41, 5.74) is 0. The second-order valence-corrected chi connectivity index (χ2v) is 10.1. The van der Waals surface area contributed by atoms with Gasteiger partial charge < -0.3 is 9.80 Å². The minimum absolute atomic E-state index is 0.116. The summed E-state index contributed by atoms with van der Waals surface area (Å²) >= 11 is 7.58. The molecule has 0 amide bonds. The minimum atomic E-state index is -3.58. The molecule has 2 heterocycles. The number of hydrogen-bond acceptors (Lipinski definition) is 3. The standard InChI is InChI=1S/C18H24ClN3O2S2/c1-14(20-26(23,24)16-7-5-15(19)6-8-16)18(17-4-3-13-25-17)22-11-9-21(2)10-12-22/h3-8,13-14,18,20H,9-12H2,1-2H3/p+2/t14-,18-/m1/s1. The number of sulfonamides is 1. The molecule has 0 bridgehead atoms. The van der Waals surface area contributed by atoms with E-state index in [4.69, 9.17) is 11.6 Å². The Hall–Kier alpha value is -0.960. The minimum Gasteiger partial charge on any atom is -0.328 e. The molecule has 2 aromatic rings. The van der Waals surface area contributed by atoms with E-state index in [0.717, 1.165) is 26.2 Å². The van der Waals surface area contributed by atoms with Crippen molar-refractivity contribution in [2.45, 2.75) is 23.9 Å². The molecule has 8 heteroatoms. The molecule has 1 fully saturated rings. The lowest BCUT2D eigenvalue weighted by molar-refractivity contribution is -1.02. The van der Waals surface area contributed by atoms with Crippen LogP contribution in [0, 0.1) is 0 Å². The summed E-state index contributed by atoms with van der Waals surface area (Å²) in [5.74, 6) is 0. The van der Waals surface area contributed by atoms with Gasteiger partial charge in [0.25, 0.3) is 0 Å². The van der Waals surface area contributed by atoms with Crippen molar-refractivity contribution in [1.82, 2.24) is 4.72 Å². The number of rotatable bonds is 6. The van der Waals surface area contributed by atoms with Gasteiger partial charge in [-0.3, -0.25) is 0 Å². The SMILES string of the molecule is C[C@@H](NS(=O)(=O)c1ccc(Cl)cc1)[C@H](c1cccs1)[NH+]1CC[NH+](C)CC1. The molecule has 2 atom stereocenters. The van der Waals surface area contributed by atoms with E-state index in [1.807, 2.05) is 13.0 Å². The largest absolute Gasteiger partial charge is 0.328 e. The predicted molar refractivity (Wildman–Crippen MR) is 106 cm³/mol. The molecule has 0 spiro atoms. The summed E-state index contributed by atoms with van der Waals surface area (Å²) in [6.07, 6.45) is 0. The fourth-order valence-corrected chi connectivity index (χ4v) is 5.94. The summed E-state index contributed by atoms with van der Waals surface area (Å²) in [5, 5.41) is 2.58. The van der Waals surface area contributed by atoms with Crippen molar-refractivity contribution in [2.24, 2.45) is 0 Å². The highest BCUT2D eigenvalue weighted by Gasteiger charge is 2.36. The molecule has 26 heavy (non-hydrogen) atoms. The van der Waals surface area contributed by atoms with E-state index in [-0.39, 0.29) is 17.0 Å². The van der Waals surface area contributed by atoms with Crippen molar-refractivity contribution < 1.29 is 18.2 Å². The van der Waals surface area contributed by atoms with E-state index in [0.29, 0.717) is 5.02 Å². The highest BCUT2D eigenvalue weighted by molar-refractivity contribution is 7.89. The van der Waals surface area contributed by atoms with Gasteiger partial charge >= 0.3 is 0 Å². The molecule has 0 saturated carbocycles. The Bertz CT molecular complexity index is 801. The molecule has 0 radical (unpaired) electrons. The number of quaternary nitrogens is 2. The summed E-state index contributed by atoms with van der Waals surface area (Å²) in [6.45, 7) is 6.26. The predicted octanol–water partition coefficient (Wildman–Crippen LogP) is 0.223. The van der Waals surface area contributed by atoms with Crippen LogP contribution in [-0.2, 0) is 10.0 Å². The Morgan fingerprint density at radius 1 is 1.12 bits per heavy atom. The van der Waals surface area contributed by atoms with Crippen LogP contribution in [0.25, 0.3) is 0 Å². The van der Waals surface area contributed by atoms with Gasteiger partial charge in [-0.15, -0.1) is 11.3 Å². The first-order valence-corrected chi connectivity index (χ1v) is 11.6. The van der Waals surface area contributed by atoms with E-state index in [1.165, 1.54) is 14.7 Å². The van der Waals surface area contributed by atoms with Crippen LogP contribution < -0.4 is 14.5 Å². The van der Waals surface area contributed by atoms with Crippen LogP contribution in [0.5, 0.6) is 0 Å². The average Bonchev–Trinajstić information content (AvgIpc) is 3.11. The zero-order chi connectivity index (χ0) is 18.7. The maximum atomic E-state index is 12.8. The van der Waals surface area contributed by atoms with Gasteiger partial charge in [0.2, 0.25) is 10.0 Å². The van der Waals surface area contributed by atoms with Crippen molar-refractivity contribution in [3.05, 3.63) is 51.7 Å². The quantitative estimate of drug-likeness (QED) is 0.632. The van der Waals surface area contributed by atoms with Gasteiger partial charge in [-0.2, -0.15) is 0 Å². The number of hydrogen-bond donors (Lipinski definition) is 3. The van der Waals surface area contributed by atoms with E-state index in [9.17, 15) is 8.42 Å². The first kappa shape index (κ1) is 19.8. The third kappa shape index (κ3) is 4.65. The van der Waals surface area contributed by atoms with E-state index in [2.05, 4.69) is 23.2 Å². The lowest BCUT2D eigenvalue weighted by atomic mass is 10.1. The molecule has 1 aliphatic heterocycles. The van der Waals surface area contributed by atoms with Crippen molar-refractivity contribution in [2.75, 3.05) is 33.2 Å². The maximum absolute atomic E-state index is 12.8. The van der Waals surface area contributed by atoms with Crippen molar-refractivity contribution >= 4 is 33.0 Å². The molecule has 3 rings (SSSR count). The van der Waals surface area contributed by atoms with Crippen LogP contribution in [0.1, 0.15) is 17.8 Å². The zero-order valence-corrected chi connectivity index (χ0v) is 17.4. The molecule has 5 nitrogen and oxygen atoms in total. The molecule has 1 aromatic heterocycles. The highest BCUT2D eigenvalue weighted by atomic mass is 35.5. The third-order valence-electron chi connectivity index (χ3n) is 5.00. The lowest BCUT2D eigenvalue weighted by Crippen LogP contribution is -3.27. The van der Waals surface area contributed by atoms with Gasteiger partial charge in [0, 0.05) is 5.02 Å². The summed E-state index contributed by atoms with van der Waals surface area (Å²) in [4.78, 5) is 4.46. The number of nitrogens with one attached hydrogen (secondary N) is 3. The van der Waals surface area contributed by atoms with Crippen LogP contribution in [0.4, 0.5) is 0 Å². The summed E-state index contributed by atoms with van der Waals surface area (Å²) in [7, 11) is -1.37. The molecule has 0 unspecified atom stereocenters. The fraction of sp³-hybridized carbons (Fsp3) is 0.444. The molecule has 0 aliphatic carbocycles. The van der Waals surface area contributed by atoms with Crippen LogP contribution in [0.2, 0.25) is 5.02 Å². The monoisotopic (exact) mass is 415 g/mol. The van der Waals surface area contributed by atoms with Gasteiger partial charge in [-0.1, -0.05) is 17.7 Å².